The van der Waals surface area contributed by atoms with E-state index in [0.717, 1.165) is 16.2 Å². The van der Waals surface area contributed by atoms with Gasteiger partial charge in [0.15, 0.2) is 17.5 Å². The van der Waals surface area contributed by atoms with Crippen molar-refractivity contribution < 1.29 is 29.1 Å². The Morgan fingerprint density at radius 1 is 1.45 bits per heavy atom. The molecule has 1 unspecified atom stereocenters. The van der Waals surface area contributed by atoms with Gasteiger partial charge in [0.1, 0.15) is 22.8 Å². The number of aromatic nitrogens is 1. The first-order valence-electron chi connectivity index (χ1n) is 8.81. The summed E-state index contributed by atoms with van der Waals surface area (Å²) in [5.74, 6) is -2.78. The number of fused-ring (bicyclic) bond motifs is 1. The molecule has 2 aliphatic heterocycles. The lowest BCUT2D eigenvalue weighted by Crippen LogP contribution is -2.71. The SMILES string of the molecule is CNC(=O)CON=C(C(=O)NC1C(=O)N2C(C(=O)O)=C(CN)CS[C@@H]12)c1csc(N)n1. The molecular weight excluding hydrogens is 450 g/mol. The summed E-state index contributed by atoms with van der Waals surface area (Å²) in [6.45, 7) is -0.428. The number of hydrogen-bond acceptors (Lipinski definition) is 11. The van der Waals surface area contributed by atoms with E-state index in [1.165, 1.54) is 24.2 Å². The molecule has 0 bridgehead atoms. The van der Waals surface area contributed by atoms with Crippen LogP contribution in [0.15, 0.2) is 21.8 Å². The minimum Gasteiger partial charge on any atom is -0.477 e. The average Bonchev–Trinajstić information content (AvgIpc) is 3.18. The first kappa shape index (κ1) is 22.5. The Labute approximate surface area is 183 Å². The number of aliphatic carboxylic acids is 1. The molecule has 1 aromatic heterocycles. The Bertz CT molecular complexity index is 991. The molecule has 13 nitrogen and oxygen atoms in total. The number of carbonyl (C=O) groups is 4. The lowest BCUT2D eigenvalue weighted by Gasteiger charge is -2.49. The normalized spacial score (nSPS) is 20.6. The molecule has 2 aliphatic rings. The number of likely N-dealkylation sites (N-methyl/N-ethyl adjacent to an activating group) is 1. The monoisotopic (exact) mass is 469 g/mol. The van der Waals surface area contributed by atoms with Crippen molar-refractivity contribution in [1.29, 1.82) is 0 Å². The zero-order valence-electron chi connectivity index (χ0n) is 16.2. The lowest BCUT2D eigenvalue weighted by atomic mass is 10.0. The Morgan fingerprint density at radius 3 is 2.77 bits per heavy atom. The van der Waals surface area contributed by atoms with Crippen LogP contribution >= 0.6 is 23.1 Å². The number of β-lactam (4-membered cyclic amide) rings is 1. The molecule has 3 rings (SSSR count). The number of oxime groups is 1. The number of nitrogens with two attached hydrogens (primary N) is 2. The van der Waals surface area contributed by atoms with E-state index in [9.17, 15) is 24.3 Å². The number of carboxylic acids is 1. The number of hydrogen-bond donors (Lipinski definition) is 5. The highest BCUT2D eigenvalue weighted by Crippen LogP contribution is 2.40. The summed E-state index contributed by atoms with van der Waals surface area (Å²) in [5, 5.41) is 19.1. The summed E-state index contributed by atoms with van der Waals surface area (Å²) in [4.78, 5) is 58.4. The van der Waals surface area contributed by atoms with Gasteiger partial charge in [-0.3, -0.25) is 19.3 Å². The van der Waals surface area contributed by atoms with Crippen LogP contribution in [-0.2, 0) is 24.0 Å². The van der Waals surface area contributed by atoms with Crippen molar-refractivity contribution in [2.45, 2.75) is 11.4 Å². The van der Waals surface area contributed by atoms with Crippen molar-refractivity contribution in [2.75, 3.05) is 31.7 Å². The number of rotatable bonds is 8. The van der Waals surface area contributed by atoms with Gasteiger partial charge in [-0.15, -0.1) is 23.1 Å². The van der Waals surface area contributed by atoms with Gasteiger partial charge >= 0.3 is 5.97 Å². The third kappa shape index (κ3) is 4.47. The zero-order valence-corrected chi connectivity index (χ0v) is 17.8. The third-order valence-electron chi connectivity index (χ3n) is 4.39. The van der Waals surface area contributed by atoms with Crippen LogP contribution in [0.1, 0.15) is 5.69 Å². The van der Waals surface area contributed by atoms with E-state index in [2.05, 4.69) is 20.8 Å². The van der Waals surface area contributed by atoms with Gasteiger partial charge in [0.05, 0.1) is 0 Å². The number of nitrogens with one attached hydrogen (secondary N) is 2. The fourth-order valence-corrected chi connectivity index (χ4v) is 4.79. The summed E-state index contributed by atoms with van der Waals surface area (Å²) in [5.41, 5.74) is 11.3. The maximum Gasteiger partial charge on any atom is 0.352 e. The number of nitrogen functional groups attached to an aromatic ring is 1. The summed E-state index contributed by atoms with van der Waals surface area (Å²) in [6, 6.07) is -0.980. The molecule has 7 N–H and O–H groups in total. The molecule has 1 aromatic rings. The molecular formula is C16H19N7O6S2. The highest BCUT2D eigenvalue weighted by Gasteiger charge is 2.54. The zero-order chi connectivity index (χ0) is 22.7. The number of thioether (sulfide) groups is 1. The van der Waals surface area contributed by atoms with Crippen molar-refractivity contribution in [3.05, 3.63) is 22.3 Å². The predicted molar refractivity (Wildman–Crippen MR) is 112 cm³/mol. The second-order valence-electron chi connectivity index (χ2n) is 6.28. The number of carboxylic acid groups (broad SMARTS) is 1. The first-order chi connectivity index (χ1) is 14.8. The van der Waals surface area contributed by atoms with Crippen LogP contribution in [0.3, 0.4) is 0 Å². The molecule has 1 saturated heterocycles. The molecule has 31 heavy (non-hydrogen) atoms. The largest absolute Gasteiger partial charge is 0.477 e. The van der Waals surface area contributed by atoms with Gasteiger partial charge in [0, 0.05) is 24.7 Å². The van der Waals surface area contributed by atoms with Crippen LogP contribution in [0.2, 0.25) is 0 Å². The Kier molecular flexibility index (Phi) is 6.77. The van der Waals surface area contributed by atoms with Crippen LogP contribution in [0.5, 0.6) is 0 Å². The fraction of sp³-hybridized carbons (Fsp3) is 0.375. The van der Waals surface area contributed by atoms with Crippen LogP contribution in [0.4, 0.5) is 5.13 Å². The topological polar surface area (TPSA) is 202 Å². The van der Waals surface area contributed by atoms with E-state index in [4.69, 9.17) is 16.3 Å². The molecule has 0 aliphatic carbocycles. The summed E-state index contributed by atoms with van der Waals surface area (Å²) < 4.78 is 0. The van der Waals surface area contributed by atoms with Crippen LogP contribution < -0.4 is 22.1 Å². The van der Waals surface area contributed by atoms with Gasteiger partial charge < -0.3 is 32.0 Å². The number of nitrogens with zero attached hydrogens (tertiary/aromatic N) is 3. The quantitative estimate of drug-likeness (QED) is 0.159. The van der Waals surface area contributed by atoms with Crippen LogP contribution in [0.25, 0.3) is 0 Å². The van der Waals surface area contributed by atoms with Crippen molar-refractivity contribution >= 4 is 57.6 Å². The molecule has 0 aromatic carbocycles. The maximum atomic E-state index is 12.8. The molecule has 2 atom stereocenters. The van der Waals surface area contributed by atoms with Gasteiger partial charge in [0.25, 0.3) is 17.7 Å². The minimum atomic E-state index is -1.26. The van der Waals surface area contributed by atoms with Gasteiger partial charge in [-0.05, 0) is 5.57 Å². The molecule has 1 fully saturated rings. The third-order valence-corrected chi connectivity index (χ3v) is 6.41. The van der Waals surface area contributed by atoms with Crippen molar-refractivity contribution in [2.24, 2.45) is 10.9 Å². The summed E-state index contributed by atoms with van der Waals surface area (Å²) >= 11 is 2.36. The van der Waals surface area contributed by atoms with E-state index >= 15 is 0 Å². The molecule has 3 heterocycles. The van der Waals surface area contributed by atoms with Gasteiger partial charge in [-0.2, -0.15) is 0 Å². The van der Waals surface area contributed by atoms with E-state index in [1.54, 1.807) is 0 Å². The molecule has 3 amide bonds. The molecule has 15 heteroatoms. The molecule has 0 saturated carbocycles. The average molecular weight is 470 g/mol. The van der Waals surface area contributed by atoms with E-state index in [1.807, 2.05) is 0 Å². The maximum absolute atomic E-state index is 12.8. The summed E-state index contributed by atoms with van der Waals surface area (Å²) in [7, 11) is 1.41. The highest BCUT2D eigenvalue weighted by molar-refractivity contribution is 8.00. The van der Waals surface area contributed by atoms with Crippen LogP contribution in [-0.4, -0.2) is 81.8 Å². The number of thiazole rings is 1. The molecule has 0 spiro atoms. The highest BCUT2D eigenvalue weighted by atomic mass is 32.2. The fourth-order valence-electron chi connectivity index (χ4n) is 2.88. The smallest absolute Gasteiger partial charge is 0.352 e. The first-order valence-corrected chi connectivity index (χ1v) is 10.7. The number of carbonyl (C=O) groups excluding carboxylic acids is 3. The Hall–Kier alpha value is -3.17. The second-order valence-corrected chi connectivity index (χ2v) is 8.27. The van der Waals surface area contributed by atoms with E-state index in [0.29, 0.717) is 11.3 Å². The Morgan fingerprint density at radius 2 is 2.19 bits per heavy atom. The lowest BCUT2D eigenvalue weighted by molar-refractivity contribution is -0.150. The van der Waals surface area contributed by atoms with Gasteiger partial charge in [-0.25, -0.2) is 9.78 Å². The van der Waals surface area contributed by atoms with Crippen molar-refractivity contribution in [1.82, 2.24) is 20.5 Å². The molecule has 166 valence electrons. The predicted octanol–water partition coefficient (Wildman–Crippen LogP) is -2.11. The van der Waals surface area contributed by atoms with Gasteiger partial charge in [0.2, 0.25) is 0 Å². The second kappa shape index (κ2) is 9.32. The van der Waals surface area contributed by atoms with Crippen molar-refractivity contribution in [3.8, 4) is 0 Å². The number of anilines is 1. The molecule has 0 radical (unpaired) electrons. The van der Waals surface area contributed by atoms with E-state index < -0.39 is 41.7 Å². The minimum absolute atomic E-state index is 0.00683. The van der Waals surface area contributed by atoms with Crippen LogP contribution in [0, 0.1) is 0 Å². The van der Waals surface area contributed by atoms with Crippen molar-refractivity contribution in [3.63, 3.8) is 0 Å². The van der Waals surface area contributed by atoms with E-state index in [-0.39, 0.29) is 28.8 Å². The summed E-state index contributed by atoms with van der Waals surface area (Å²) in [6.07, 6.45) is 0. The van der Waals surface area contributed by atoms with Gasteiger partial charge in [-0.1, -0.05) is 5.16 Å². The standard InChI is InChI=1S/C16H19N7O6S2/c1-19-8(24)3-29-22-9(7-5-31-16(18)20-7)12(25)21-10-13(26)23-11(15(27)28)6(2-17)4-30-14(10)23/h5,10,14H,2-4,17H2,1H3,(H2,18,20)(H,19,24)(H,21,25)(H,27,28)/t10?,14-/m0/s1. The number of amides is 3. The Balaban J connectivity index is 1.78.